The van der Waals surface area contributed by atoms with Crippen molar-refractivity contribution in [3.63, 3.8) is 0 Å². The van der Waals surface area contributed by atoms with E-state index in [1.807, 2.05) is 25.1 Å². The van der Waals surface area contributed by atoms with Crippen LogP contribution in [0.4, 0.5) is 0 Å². The molecular weight excluding hydrogens is 400 g/mol. The van der Waals surface area contributed by atoms with Crippen molar-refractivity contribution in [3.8, 4) is 0 Å². The van der Waals surface area contributed by atoms with Gasteiger partial charge in [-0.15, -0.1) is 0 Å². The third kappa shape index (κ3) is 7.95. The zero-order chi connectivity index (χ0) is 20.6. The summed E-state index contributed by atoms with van der Waals surface area (Å²) in [6.45, 7) is 5.75. The summed E-state index contributed by atoms with van der Waals surface area (Å²) in [6, 6.07) is 8.04. The molecule has 0 saturated carbocycles. The minimum absolute atomic E-state index is 0.00562. The summed E-state index contributed by atoms with van der Waals surface area (Å²) in [6.07, 6.45) is 1.78. The van der Waals surface area contributed by atoms with Crippen molar-refractivity contribution in [1.82, 2.24) is 15.5 Å². The fourth-order valence-electron chi connectivity index (χ4n) is 3.15. The normalized spacial score (nSPS) is 18.5. The highest BCUT2D eigenvalue weighted by atomic mass is 35.5. The van der Waals surface area contributed by atoms with Gasteiger partial charge in [-0.25, -0.2) is 8.42 Å². The van der Waals surface area contributed by atoms with E-state index in [4.69, 9.17) is 16.3 Å². The summed E-state index contributed by atoms with van der Waals surface area (Å²) in [5.74, 6) is 0.804. The number of nitrogens with zero attached hydrogens (tertiary/aromatic N) is 2. The molecule has 158 valence electrons. The first-order valence-electron chi connectivity index (χ1n) is 9.50. The summed E-state index contributed by atoms with van der Waals surface area (Å²) < 4.78 is 28.2. The molecule has 0 bridgehead atoms. The van der Waals surface area contributed by atoms with Crippen LogP contribution in [0.1, 0.15) is 24.9 Å². The van der Waals surface area contributed by atoms with Gasteiger partial charge in [0.25, 0.3) is 0 Å². The predicted molar refractivity (Wildman–Crippen MR) is 115 cm³/mol. The van der Waals surface area contributed by atoms with Gasteiger partial charge in [-0.05, 0) is 31.0 Å². The first kappa shape index (κ1) is 22.9. The smallest absolute Gasteiger partial charge is 0.191 e. The number of halogens is 1. The Hall–Kier alpha value is -1.35. The van der Waals surface area contributed by atoms with Crippen LogP contribution in [-0.4, -0.2) is 77.2 Å². The summed E-state index contributed by atoms with van der Waals surface area (Å²) in [5, 5.41) is 7.36. The van der Waals surface area contributed by atoms with Gasteiger partial charge in [0.2, 0.25) is 0 Å². The van der Waals surface area contributed by atoms with Crippen LogP contribution in [0.15, 0.2) is 29.3 Å². The van der Waals surface area contributed by atoms with Gasteiger partial charge in [0.15, 0.2) is 5.96 Å². The van der Waals surface area contributed by atoms with E-state index in [1.54, 1.807) is 7.05 Å². The summed E-state index contributed by atoms with van der Waals surface area (Å²) in [7, 11) is -1.26. The molecule has 1 fully saturated rings. The second kappa shape index (κ2) is 11.0. The van der Waals surface area contributed by atoms with Crippen molar-refractivity contribution in [2.45, 2.75) is 25.4 Å². The summed E-state index contributed by atoms with van der Waals surface area (Å²) in [5.41, 5.74) is 1.14. The van der Waals surface area contributed by atoms with Crippen LogP contribution < -0.4 is 10.6 Å². The van der Waals surface area contributed by atoms with E-state index in [2.05, 4.69) is 26.6 Å². The molecule has 1 heterocycles. The molecule has 2 rings (SSSR count). The molecule has 0 aromatic heterocycles. The first-order valence-corrected chi connectivity index (χ1v) is 11.9. The van der Waals surface area contributed by atoms with Crippen LogP contribution in [0, 0.1) is 0 Å². The lowest BCUT2D eigenvalue weighted by Gasteiger charge is -2.35. The third-order valence-electron chi connectivity index (χ3n) is 4.71. The van der Waals surface area contributed by atoms with Gasteiger partial charge in [0.05, 0.1) is 25.0 Å². The van der Waals surface area contributed by atoms with E-state index in [-0.39, 0.29) is 17.8 Å². The molecule has 0 aliphatic carbocycles. The number of hydrogen-bond donors (Lipinski definition) is 2. The van der Waals surface area contributed by atoms with Gasteiger partial charge >= 0.3 is 0 Å². The number of hydrogen-bond acceptors (Lipinski definition) is 5. The fraction of sp³-hybridized carbons (Fsp3) is 0.632. The van der Waals surface area contributed by atoms with Crippen molar-refractivity contribution in [2.75, 3.05) is 51.9 Å². The maximum atomic E-state index is 11.4. The Balaban J connectivity index is 2.00. The number of benzene rings is 1. The van der Waals surface area contributed by atoms with Gasteiger partial charge in [-0.3, -0.25) is 9.89 Å². The molecule has 0 spiro atoms. The van der Waals surface area contributed by atoms with E-state index in [0.717, 1.165) is 18.7 Å². The minimum Gasteiger partial charge on any atom is -0.379 e. The molecule has 1 aromatic carbocycles. The highest BCUT2D eigenvalue weighted by Gasteiger charge is 2.23. The molecule has 0 radical (unpaired) electrons. The van der Waals surface area contributed by atoms with E-state index >= 15 is 0 Å². The van der Waals surface area contributed by atoms with Crippen molar-refractivity contribution in [2.24, 2.45) is 4.99 Å². The molecular formula is C19H31ClN4O3S. The van der Waals surface area contributed by atoms with Crippen molar-refractivity contribution in [1.29, 1.82) is 0 Å². The van der Waals surface area contributed by atoms with Crippen LogP contribution in [0.2, 0.25) is 5.02 Å². The minimum atomic E-state index is -2.97. The third-order valence-corrected chi connectivity index (χ3v) is 5.92. The lowest BCUT2D eigenvalue weighted by atomic mass is 10.0. The number of morpholine rings is 1. The highest BCUT2D eigenvalue weighted by molar-refractivity contribution is 7.90. The Morgan fingerprint density at radius 1 is 1.36 bits per heavy atom. The van der Waals surface area contributed by atoms with Gasteiger partial charge in [-0.1, -0.05) is 23.7 Å². The lowest BCUT2D eigenvalue weighted by molar-refractivity contribution is 0.0170. The van der Waals surface area contributed by atoms with E-state index in [0.29, 0.717) is 37.2 Å². The zero-order valence-electron chi connectivity index (χ0n) is 16.8. The molecule has 9 heteroatoms. The maximum Gasteiger partial charge on any atom is 0.191 e. The first-order chi connectivity index (χ1) is 13.3. The highest BCUT2D eigenvalue weighted by Crippen LogP contribution is 2.23. The molecule has 2 N–H and O–H groups in total. The topological polar surface area (TPSA) is 83.0 Å². The average Bonchev–Trinajstić information content (AvgIpc) is 2.66. The van der Waals surface area contributed by atoms with Crippen LogP contribution in [0.25, 0.3) is 0 Å². The van der Waals surface area contributed by atoms with Crippen molar-refractivity contribution in [3.05, 3.63) is 34.9 Å². The number of nitrogens with one attached hydrogen (secondary N) is 2. The summed E-state index contributed by atoms with van der Waals surface area (Å²) >= 11 is 6.21. The van der Waals surface area contributed by atoms with Gasteiger partial charge < -0.3 is 15.4 Å². The van der Waals surface area contributed by atoms with Crippen molar-refractivity contribution < 1.29 is 13.2 Å². The standard InChI is InChI=1S/C19H31ClN4O3S/c1-15(7-12-28(3,25)26)23-19(21-2)22-14-18(24-8-10-27-11-9-24)16-5-4-6-17(20)13-16/h4-6,13,15,18H,7-12,14H2,1-3H3,(H2,21,22,23). The number of guanidine groups is 1. The van der Waals surface area contributed by atoms with Crippen LogP contribution >= 0.6 is 11.6 Å². The van der Waals surface area contributed by atoms with Gasteiger partial charge in [0, 0.05) is 44.0 Å². The van der Waals surface area contributed by atoms with Gasteiger partial charge in [-0.2, -0.15) is 0 Å². The molecule has 2 atom stereocenters. The van der Waals surface area contributed by atoms with E-state index in [1.165, 1.54) is 6.26 Å². The Bertz CT molecular complexity index is 751. The molecule has 7 nitrogen and oxygen atoms in total. The summed E-state index contributed by atoms with van der Waals surface area (Å²) in [4.78, 5) is 6.65. The molecule has 1 aliphatic rings. The fourth-order valence-corrected chi connectivity index (χ4v) is 4.13. The number of sulfone groups is 1. The predicted octanol–water partition coefficient (Wildman–Crippen LogP) is 1.70. The Morgan fingerprint density at radius 2 is 2.07 bits per heavy atom. The van der Waals surface area contributed by atoms with E-state index in [9.17, 15) is 8.42 Å². The second-order valence-corrected chi connectivity index (χ2v) is 9.83. The monoisotopic (exact) mass is 430 g/mol. The quantitative estimate of drug-likeness (QED) is 0.482. The zero-order valence-corrected chi connectivity index (χ0v) is 18.4. The van der Waals surface area contributed by atoms with E-state index < -0.39 is 9.84 Å². The molecule has 2 unspecified atom stereocenters. The number of ether oxygens (including phenoxy) is 1. The Kier molecular flexibility index (Phi) is 9.01. The molecule has 1 aliphatic heterocycles. The van der Waals surface area contributed by atoms with Crippen LogP contribution in [0.3, 0.4) is 0 Å². The SMILES string of the molecule is CN=C(NCC(c1cccc(Cl)c1)N1CCOCC1)NC(C)CCS(C)(=O)=O. The number of rotatable bonds is 8. The Morgan fingerprint density at radius 3 is 2.68 bits per heavy atom. The largest absolute Gasteiger partial charge is 0.379 e. The average molecular weight is 431 g/mol. The molecule has 1 aromatic rings. The lowest BCUT2D eigenvalue weighted by Crippen LogP contribution is -2.48. The second-order valence-electron chi connectivity index (χ2n) is 7.14. The van der Waals surface area contributed by atoms with Gasteiger partial charge in [0.1, 0.15) is 9.84 Å². The van der Waals surface area contributed by atoms with Crippen LogP contribution in [-0.2, 0) is 14.6 Å². The molecule has 28 heavy (non-hydrogen) atoms. The Labute approximate surface area is 173 Å². The molecule has 0 amide bonds. The molecule has 1 saturated heterocycles. The number of aliphatic imine (C=N–C) groups is 1. The van der Waals surface area contributed by atoms with Crippen molar-refractivity contribution >= 4 is 27.4 Å². The maximum absolute atomic E-state index is 11.4. The van der Waals surface area contributed by atoms with Crippen LogP contribution in [0.5, 0.6) is 0 Å².